The summed E-state index contributed by atoms with van der Waals surface area (Å²) in [5.41, 5.74) is 2.43. The summed E-state index contributed by atoms with van der Waals surface area (Å²) in [6.07, 6.45) is 3.63. The highest BCUT2D eigenvalue weighted by molar-refractivity contribution is 6.31. The topological polar surface area (TPSA) is 30.5 Å². The van der Waals surface area contributed by atoms with Gasteiger partial charge in [-0.1, -0.05) is 31.9 Å². The second kappa shape index (κ2) is 5.82. The van der Waals surface area contributed by atoms with Gasteiger partial charge in [0.05, 0.1) is 0 Å². The van der Waals surface area contributed by atoms with Gasteiger partial charge >= 0.3 is 0 Å². The summed E-state index contributed by atoms with van der Waals surface area (Å²) in [6, 6.07) is 2.26. The van der Waals surface area contributed by atoms with Crippen LogP contribution in [0, 0.1) is 0 Å². The minimum atomic E-state index is 0.337. The zero-order chi connectivity index (χ0) is 14.1. The van der Waals surface area contributed by atoms with Crippen molar-refractivity contribution in [3.8, 4) is 11.5 Å². The van der Waals surface area contributed by atoms with Crippen molar-refractivity contribution in [2.45, 2.75) is 45.1 Å². The summed E-state index contributed by atoms with van der Waals surface area (Å²) in [6.45, 7) is 6.66. The molecule has 2 heterocycles. The highest BCUT2D eigenvalue weighted by Crippen LogP contribution is 2.46. The monoisotopic (exact) mass is 295 g/mol. The fourth-order valence-corrected chi connectivity index (χ4v) is 3.55. The van der Waals surface area contributed by atoms with E-state index in [4.69, 9.17) is 21.1 Å². The highest BCUT2D eigenvalue weighted by Gasteiger charge is 2.28. The third kappa shape index (κ3) is 2.49. The van der Waals surface area contributed by atoms with Crippen LogP contribution >= 0.6 is 11.6 Å². The SMILES string of the molecule is CC(C)c1c2c(cc(Cl)c1C1CCCCN1)OCCO2. The molecule has 1 aromatic carbocycles. The Morgan fingerprint density at radius 3 is 2.75 bits per heavy atom. The first-order chi connectivity index (χ1) is 9.68. The third-order valence-corrected chi connectivity index (χ3v) is 4.41. The van der Waals surface area contributed by atoms with Crippen molar-refractivity contribution in [2.75, 3.05) is 19.8 Å². The molecule has 3 nitrogen and oxygen atoms in total. The molecule has 2 aliphatic heterocycles. The van der Waals surface area contributed by atoms with Gasteiger partial charge in [-0.15, -0.1) is 0 Å². The maximum atomic E-state index is 6.57. The predicted octanol–water partition coefficient (Wildman–Crippen LogP) is 4.05. The third-order valence-electron chi connectivity index (χ3n) is 4.10. The second-order valence-corrected chi connectivity index (χ2v) is 6.27. The van der Waals surface area contributed by atoms with Crippen LogP contribution in [0.25, 0.3) is 0 Å². The number of fused-ring (bicyclic) bond motifs is 1. The minimum absolute atomic E-state index is 0.337. The molecule has 110 valence electrons. The van der Waals surface area contributed by atoms with Crippen LogP contribution < -0.4 is 14.8 Å². The van der Waals surface area contributed by atoms with Gasteiger partial charge < -0.3 is 14.8 Å². The van der Waals surface area contributed by atoms with Crippen LogP contribution in [0.5, 0.6) is 11.5 Å². The Morgan fingerprint density at radius 2 is 2.05 bits per heavy atom. The van der Waals surface area contributed by atoms with E-state index in [2.05, 4.69) is 19.2 Å². The van der Waals surface area contributed by atoms with E-state index in [0.29, 0.717) is 25.2 Å². The lowest BCUT2D eigenvalue weighted by Gasteiger charge is -2.31. The Labute approximate surface area is 125 Å². The van der Waals surface area contributed by atoms with Gasteiger partial charge in [0.15, 0.2) is 11.5 Å². The number of benzene rings is 1. The molecule has 1 aromatic rings. The molecule has 1 atom stereocenters. The molecule has 0 spiro atoms. The largest absolute Gasteiger partial charge is 0.486 e. The summed E-state index contributed by atoms with van der Waals surface area (Å²) in [5, 5.41) is 4.40. The Hall–Kier alpha value is -0.930. The van der Waals surface area contributed by atoms with Crippen LogP contribution in [-0.2, 0) is 0 Å². The number of rotatable bonds is 2. The van der Waals surface area contributed by atoms with Crippen LogP contribution in [-0.4, -0.2) is 19.8 Å². The summed E-state index contributed by atoms with van der Waals surface area (Å²) in [7, 11) is 0. The quantitative estimate of drug-likeness (QED) is 0.893. The van der Waals surface area contributed by atoms with E-state index in [0.717, 1.165) is 29.5 Å². The van der Waals surface area contributed by atoms with Crippen molar-refractivity contribution in [1.82, 2.24) is 5.32 Å². The fourth-order valence-electron chi connectivity index (χ4n) is 3.22. The lowest BCUT2D eigenvalue weighted by atomic mass is 9.87. The van der Waals surface area contributed by atoms with Gasteiger partial charge in [-0.3, -0.25) is 0 Å². The molecule has 0 bridgehead atoms. The van der Waals surface area contributed by atoms with Crippen molar-refractivity contribution in [3.05, 3.63) is 22.2 Å². The molecule has 1 N–H and O–H groups in total. The first kappa shape index (κ1) is 14.0. The number of hydrogen-bond acceptors (Lipinski definition) is 3. The molecule has 1 fully saturated rings. The molecule has 0 radical (unpaired) electrons. The summed E-state index contributed by atoms with van der Waals surface area (Å²) in [5.74, 6) is 2.06. The standard InChI is InChI=1S/C16H22ClNO2/c1-10(2)14-15(12-5-3-4-6-18-12)11(17)9-13-16(14)20-8-7-19-13/h9-10,12,18H,3-8H2,1-2H3. The fraction of sp³-hybridized carbons (Fsp3) is 0.625. The predicted molar refractivity (Wildman–Crippen MR) is 81.1 cm³/mol. The van der Waals surface area contributed by atoms with Crippen LogP contribution in [0.2, 0.25) is 5.02 Å². The molecule has 0 amide bonds. The molecule has 4 heteroatoms. The number of nitrogens with one attached hydrogen (secondary N) is 1. The van der Waals surface area contributed by atoms with Crippen molar-refractivity contribution in [1.29, 1.82) is 0 Å². The maximum absolute atomic E-state index is 6.57. The molecule has 1 saturated heterocycles. The van der Waals surface area contributed by atoms with Crippen molar-refractivity contribution in [3.63, 3.8) is 0 Å². The first-order valence-electron chi connectivity index (χ1n) is 7.53. The molecule has 0 aromatic heterocycles. The molecular formula is C16H22ClNO2. The lowest BCUT2D eigenvalue weighted by Crippen LogP contribution is -2.29. The number of ether oxygens (including phenoxy) is 2. The smallest absolute Gasteiger partial charge is 0.165 e. The van der Waals surface area contributed by atoms with Gasteiger partial charge in [0.2, 0.25) is 0 Å². The molecule has 0 aliphatic carbocycles. The van der Waals surface area contributed by atoms with E-state index in [1.165, 1.54) is 24.0 Å². The number of hydrogen-bond donors (Lipinski definition) is 1. The zero-order valence-corrected chi connectivity index (χ0v) is 12.9. The van der Waals surface area contributed by atoms with Gasteiger partial charge in [-0.25, -0.2) is 0 Å². The van der Waals surface area contributed by atoms with E-state index in [-0.39, 0.29) is 0 Å². The summed E-state index contributed by atoms with van der Waals surface area (Å²) < 4.78 is 11.6. The second-order valence-electron chi connectivity index (χ2n) is 5.87. The van der Waals surface area contributed by atoms with E-state index in [1.54, 1.807) is 0 Å². The number of halogens is 1. The normalized spacial score (nSPS) is 22.1. The maximum Gasteiger partial charge on any atom is 0.165 e. The highest BCUT2D eigenvalue weighted by atomic mass is 35.5. The minimum Gasteiger partial charge on any atom is -0.486 e. The van der Waals surface area contributed by atoms with Crippen molar-refractivity contribution < 1.29 is 9.47 Å². The van der Waals surface area contributed by atoms with E-state index in [9.17, 15) is 0 Å². The molecule has 2 aliphatic rings. The van der Waals surface area contributed by atoms with E-state index in [1.807, 2.05) is 6.07 Å². The average molecular weight is 296 g/mol. The Morgan fingerprint density at radius 1 is 1.25 bits per heavy atom. The van der Waals surface area contributed by atoms with E-state index >= 15 is 0 Å². The molecule has 1 unspecified atom stereocenters. The number of piperidine rings is 1. The lowest BCUT2D eigenvalue weighted by molar-refractivity contribution is 0.169. The molecule has 3 rings (SSSR count). The van der Waals surface area contributed by atoms with Crippen LogP contribution in [0.4, 0.5) is 0 Å². The first-order valence-corrected chi connectivity index (χ1v) is 7.91. The molecular weight excluding hydrogens is 274 g/mol. The zero-order valence-electron chi connectivity index (χ0n) is 12.2. The summed E-state index contributed by atoms with van der Waals surface area (Å²) in [4.78, 5) is 0. The Balaban J connectivity index is 2.11. The molecule has 0 saturated carbocycles. The van der Waals surface area contributed by atoms with Crippen LogP contribution in [0.1, 0.15) is 56.2 Å². The molecule has 20 heavy (non-hydrogen) atoms. The average Bonchev–Trinajstić information content (AvgIpc) is 2.46. The van der Waals surface area contributed by atoms with Gasteiger partial charge in [-0.2, -0.15) is 0 Å². The van der Waals surface area contributed by atoms with Gasteiger partial charge in [-0.05, 0) is 30.9 Å². The van der Waals surface area contributed by atoms with Crippen LogP contribution in [0.3, 0.4) is 0 Å². The van der Waals surface area contributed by atoms with Gasteiger partial charge in [0.1, 0.15) is 13.2 Å². The Bertz CT molecular complexity index is 496. The van der Waals surface area contributed by atoms with Crippen molar-refractivity contribution >= 4 is 11.6 Å². The van der Waals surface area contributed by atoms with Gasteiger partial charge in [0.25, 0.3) is 0 Å². The summed E-state index contributed by atoms with van der Waals surface area (Å²) >= 11 is 6.57. The van der Waals surface area contributed by atoms with E-state index < -0.39 is 0 Å². The van der Waals surface area contributed by atoms with Crippen LogP contribution in [0.15, 0.2) is 6.07 Å². The Kier molecular flexibility index (Phi) is 4.08. The van der Waals surface area contributed by atoms with Gasteiger partial charge in [0, 0.05) is 22.7 Å². The van der Waals surface area contributed by atoms with Crippen molar-refractivity contribution in [2.24, 2.45) is 0 Å².